The average Bonchev–Trinajstić information content (AvgIpc) is 2.45. The van der Waals surface area contributed by atoms with Crippen LogP contribution in [0.25, 0.3) is 0 Å². The minimum atomic E-state index is -0.532. The Hall–Kier alpha value is -0.850. The zero-order chi connectivity index (χ0) is 16.6. The lowest BCUT2D eigenvalue weighted by molar-refractivity contribution is 0.0650. The smallest absolute Gasteiger partial charge is 0.314 e. The van der Waals surface area contributed by atoms with Crippen molar-refractivity contribution in [3.05, 3.63) is 0 Å². The number of nitrogens with zero attached hydrogens (tertiary/aromatic N) is 2. The Morgan fingerprint density at radius 3 is 2.36 bits per heavy atom. The first-order valence-electron chi connectivity index (χ1n) is 8.39. The molecule has 0 bridgehead atoms. The summed E-state index contributed by atoms with van der Waals surface area (Å²) >= 11 is 0. The van der Waals surface area contributed by atoms with Gasteiger partial charge in [0.2, 0.25) is 0 Å². The van der Waals surface area contributed by atoms with Gasteiger partial charge >= 0.3 is 6.03 Å². The summed E-state index contributed by atoms with van der Waals surface area (Å²) in [5.41, 5.74) is -0.213. The summed E-state index contributed by atoms with van der Waals surface area (Å²) in [6, 6.07) is -0.192. The number of nitrogens with one attached hydrogen (secondary N) is 2. The predicted octanol–water partition coefficient (Wildman–Crippen LogP) is 0.720. The standard InChI is InChI=1S/C16H34N4O2/c1-16(2,3)14(21)13-18-15(22)17-7-5-6-8-20-11-9-19(4)10-12-20/h14,21H,5-13H2,1-4H3,(H2,17,18,22). The summed E-state index contributed by atoms with van der Waals surface area (Å²) in [6.45, 7) is 12.5. The van der Waals surface area contributed by atoms with Crippen LogP contribution in [0.2, 0.25) is 0 Å². The van der Waals surface area contributed by atoms with Crippen LogP contribution in [0.4, 0.5) is 4.79 Å². The third-order valence-corrected chi connectivity index (χ3v) is 4.24. The van der Waals surface area contributed by atoms with Gasteiger partial charge in [0, 0.05) is 39.3 Å². The lowest BCUT2D eigenvalue weighted by Crippen LogP contribution is -2.45. The third-order valence-electron chi connectivity index (χ3n) is 4.24. The molecule has 6 heteroatoms. The number of carbonyl (C=O) groups is 1. The van der Waals surface area contributed by atoms with Crippen molar-refractivity contribution in [2.75, 3.05) is 52.9 Å². The monoisotopic (exact) mass is 314 g/mol. The average molecular weight is 314 g/mol. The van der Waals surface area contributed by atoms with Gasteiger partial charge in [0.25, 0.3) is 0 Å². The first-order chi connectivity index (χ1) is 10.3. The molecule has 130 valence electrons. The van der Waals surface area contributed by atoms with E-state index in [4.69, 9.17) is 0 Å². The van der Waals surface area contributed by atoms with Crippen LogP contribution in [-0.2, 0) is 0 Å². The molecule has 0 saturated carbocycles. The quantitative estimate of drug-likeness (QED) is 0.606. The molecule has 1 rings (SSSR count). The fourth-order valence-electron chi connectivity index (χ4n) is 2.29. The number of amides is 2. The molecule has 0 aliphatic carbocycles. The molecule has 1 unspecified atom stereocenters. The highest BCUT2D eigenvalue weighted by Crippen LogP contribution is 2.17. The fraction of sp³-hybridized carbons (Fsp3) is 0.938. The molecule has 1 fully saturated rings. The Morgan fingerprint density at radius 2 is 1.77 bits per heavy atom. The molecular weight excluding hydrogens is 280 g/mol. The van der Waals surface area contributed by atoms with E-state index in [9.17, 15) is 9.90 Å². The van der Waals surface area contributed by atoms with E-state index in [1.54, 1.807) is 0 Å². The highest BCUT2D eigenvalue weighted by atomic mass is 16.3. The van der Waals surface area contributed by atoms with E-state index in [-0.39, 0.29) is 18.0 Å². The molecular formula is C16H34N4O2. The summed E-state index contributed by atoms with van der Waals surface area (Å²) in [6.07, 6.45) is 1.56. The summed E-state index contributed by atoms with van der Waals surface area (Å²) < 4.78 is 0. The van der Waals surface area contributed by atoms with Crippen LogP contribution in [0.5, 0.6) is 0 Å². The van der Waals surface area contributed by atoms with Gasteiger partial charge in [-0.3, -0.25) is 0 Å². The van der Waals surface area contributed by atoms with Crippen molar-refractivity contribution in [1.82, 2.24) is 20.4 Å². The number of unbranched alkanes of at least 4 members (excludes halogenated alkanes) is 1. The van der Waals surface area contributed by atoms with E-state index in [1.165, 1.54) is 0 Å². The Kier molecular flexibility index (Phi) is 8.14. The Labute approximate surface area is 135 Å². The van der Waals surface area contributed by atoms with E-state index in [0.717, 1.165) is 45.6 Å². The van der Waals surface area contributed by atoms with Crippen molar-refractivity contribution >= 4 is 6.03 Å². The van der Waals surface area contributed by atoms with Gasteiger partial charge < -0.3 is 25.5 Å². The van der Waals surface area contributed by atoms with Gasteiger partial charge in [-0.2, -0.15) is 0 Å². The summed E-state index contributed by atoms with van der Waals surface area (Å²) in [4.78, 5) is 16.5. The lowest BCUT2D eigenvalue weighted by atomic mass is 9.89. The van der Waals surface area contributed by atoms with Gasteiger partial charge in [-0.05, 0) is 31.8 Å². The largest absolute Gasteiger partial charge is 0.391 e. The summed E-state index contributed by atoms with van der Waals surface area (Å²) in [5, 5.41) is 15.4. The summed E-state index contributed by atoms with van der Waals surface area (Å²) in [5.74, 6) is 0. The number of likely N-dealkylation sites (N-methyl/N-ethyl adjacent to an activating group) is 1. The fourth-order valence-corrected chi connectivity index (χ4v) is 2.29. The highest BCUT2D eigenvalue weighted by molar-refractivity contribution is 5.73. The molecule has 1 aliphatic rings. The first kappa shape index (κ1) is 19.2. The zero-order valence-corrected chi connectivity index (χ0v) is 14.7. The van der Waals surface area contributed by atoms with Gasteiger partial charge in [0.05, 0.1) is 6.10 Å². The molecule has 1 aliphatic heterocycles. The Bertz CT molecular complexity index is 323. The van der Waals surface area contributed by atoms with Gasteiger partial charge in [-0.25, -0.2) is 4.79 Å². The number of hydrogen-bond acceptors (Lipinski definition) is 4. The number of aliphatic hydroxyl groups excluding tert-OH is 1. The molecule has 3 N–H and O–H groups in total. The molecule has 1 saturated heterocycles. The number of piperazine rings is 1. The molecule has 0 radical (unpaired) electrons. The van der Waals surface area contributed by atoms with Gasteiger partial charge in [0.15, 0.2) is 0 Å². The van der Waals surface area contributed by atoms with E-state index in [2.05, 4.69) is 27.5 Å². The number of aliphatic hydroxyl groups is 1. The normalized spacial score (nSPS) is 19.0. The van der Waals surface area contributed by atoms with Crippen LogP contribution >= 0.6 is 0 Å². The van der Waals surface area contributed by atoms with Crippen molar-refractivity contribution in [2.45, 2.75) is 39.7 Å². The van der Waals surface area contributed by atoms with Crippen LogP contribution in [0, 0.1) is 5.41 Å². The number of rotatable bonds is 7. The second-order valence-corrected chi connectivity index (χ2v) is 7.37. The number of carbonyl (C=O) groups excluding carboxylic acids is 1. The predicted molar refractivity (Wildman–Crippen MR) is 90.0 cm³/mol. The van der Waals surface area contributed by atoms with E-state index in [1.807, 2.05) is 20.8 Å². The van der Waals surface area contributed by atoms with Crippen molar-refractivity contribution in [3.8, 4) is 0 Å². The molecule has 0 aromatic carbocycles. The SMILES string of the molecule is CN1CCN(CCCCNC(=O)NCC(O)C(C)(C)C)CC1. The van der Waals surface area contributed by atoms with Crippen molar-refractivity contribution in [3.63, 3.8) is 0 Å². The van der Waals surface area contributed by atoms with E-state index in [0.29, 0.717) is 6.54 Å². The van der Waals surface area contributed by atoms with Crippen LogP contribution in [0.15, 0.2) is 0 Å². The molecule has 22 heavy (non-hydrogen) atoms. The topological polar surface area (TPSA) is 67.8 Å². The maximum Gasteiger partial charge on any atom is 0.314 e. The van der Waals surface area contributed by atoms with Crippen molar-refractivity contribution in [1.29, 1.82) is 0 Å². The minimum Gasteiger partial charge on any atom is -0.391 e. The molecule has 0 aromatic rings. The molecule has 0 aromatic heterocycles. The van der Waals surface area contributed by atoms with E-state index < -0.39 is 6.10 Å². The number of urea groups is 1. The van der Waals surface area contributed by atoms with E-state index >= 15 is 0 Å². The van der Waals surface area contributed by atoms with Gasteiger partial charge in [-0.1, -0.05) is 20.8 Å². The highest BCUT2D eigenvalue weighted by Gasteiger charge is 2.22. The van der Waals surface area contributed by atoms with Crippen LogP contribution in [0.1, 0.15) is 33.6 Å². The number of hydrogen-bond donors (Lipinski definition) is 3. The lowest BCUT2D eigenvalue weighted by Gasteiger charge is -2.32. The van der Waals surface area contributed by atoms with Crippen molar-refractivity contribution < 1.29 is 9.90 Å². The van der Waals surface area contributed by atoms with Crippen LogP contribution in [0.3, 0.4) is 0 Å². The molecule has 1 atom stereocenters. The molecule has 6 nitrogen and oxygen atoms in total. The second kappa shape index (κ2) is 9.33. The maximum atomic E-state index is 11.6. The Morgan fingerprint density at radius 1 is 1.14 bits per heavy atom. The zero-order valence-electron chi connectivity index (χ0n) is 14.7. The Balaban J connectivity index is 1.99. The summed E-state index contributed by atoms with van der Waals surface area (Å²) in [7, 11) is 2.16. The van der Waals surface area contributed by atoms with Gasteiger partial charge in [-0.15, -0.1) is 0 Å². The molecule has 2 amide bonds. The maximum absolute atomic E-state index is 11.6. The molecule has 1 heterocycles. The molecule has 0 spiro atoms. The van der Waals surface area contributed by atoms with Crippen molar-refractivity contribution in [2.24, 2.45) is 5.41 Å². The first-order valence-corrected chi connectivity index (χ1v) is 8.39. The second-order valence-electron chi connectivity index (χ2n) is 7.37. The van der Waals surface area contributed by atoms with Crippen LogP contribution < -0.4 is 10.6 Å². The van der Waals surface area contributed by atoms with Gasteiger partial charge in [0.1, 0.15) is 0 Å². The third kappa shape index (κ3) is 7.96. The minimum absolute atomic E-state index is 0.192. The van der Waals surface area contributed by atoms with Crippen LogP contribution in [-0.4, -0.2) is 79.9 Å².